The van der Waals surface area contributed by atoms with Crippen LogP contribution >= 0.6 is 0 Å². The van der Waals surface area contributed by atoms with Crippen molar-refractivity contribution in [3.63, 3.8) is 0 Å². The molecule has 2 heterocycles. The lowest BCUT2D eigenvalue weighted by molar-refractivity contribution is -0.123. The summed E-state index contributed by atoms with van der Waals surface area (Å²) in [6.07, 6.45) is 3.03. The molecule has 8 nitrogen and oxygen atoms in total. The summed E-state index contributed by atoms with van der Waals surface area (Å²) in [7, 11) is 6.50. The van der Waals surface area contributed by atoms with Gasteiger partial charge in [0.05, 0.1) is 14.2 Å². The molecule has 3 aromatic rings. The molecule has 0 fully saturated rings. The second kappa shape index (κ2) is 7.99. The van der Waals surface area contributed by atoms with Crippen LogP contribution in [0.15, 0.2) is 40.8 Å². The molecular formula is C20H22N4O4. The van der Waals surface area contributed by atoms with Crippen molar-refractivity contribution in [3.8, 4) is 28.8 Å². The van der Waals surface area contributed by atoms with Gasteiger partial charge in [0, 0.05) is 20.2 Å². The monoisotopic (exact) mass is 382 g/mol. The molecule has 1 amide bonds. The number of likely N-dealkylation sites (N-methyl/N-ethyl adjacent to an activating group) is 1. The van der Waals surface area contributed by atoms with E-state index < -0.39 is 0 Å². The van der Waals surface area contributed by atoms with Gasteiger partial charge in [-0.05, 0) is 37.3 Å². The topological polar surface area (TPSA) is 82.6 Å². The van der Waals surface area contributed by atoms with Crippen molar-refractivity contribution in [3.05, 3.63) is 48.0 Å². The smallest absolute Gasteiger partial charge is 0.246 e. The van der Waals surface area contributed by atoms with E-state index in [0.717, 1.165) is 5.76 Å². The van der Waals surface area contributed by atoms with Crippen molar-refractivity contribution in [1.29, 1.82) is 0 Å². The SMILES string of the molecule is COc1cccc(OC)c1-n1c(/C=C/C(=O)N(C)C)nnc1-c1ccc(C)o1. The third-order valence-corrected chi connectivity index (χ3v) is 4.09. The third kappa shape index (κ3) is 3.62. The van der Waals surface area contributed by atoms with E-state index in [1.165, 1.54) is 11.0 Å². The highest BCUT2D eigenvalue weighted by atomic mass is 16.5. The Morgan fingerprint density at radius 1 is 1.11 bits per heavy atom. The molecule has 0 bridgehead atoms. The second-order valence-corrected chi connectivity index (χ2v) is 6.20. The van der Waals surface area contributed by atoms with Crippen molar-refractivity contribution < 1.29 is 18.7 Å². The molecule has 0 N–H and O–H groups in total. The number of methoxy groups -OCH3 is 2. The zero-order valence-electron chi connectivity index (χ0n) is 16.5. The summed E-state index contributed by atoms with van der Waals surface area (Å²) in [6.45, 7) is 1.85. The Balaban J connectivity index is 2.25. The van der Waals surface area contributed by atoms with Crippen LogP contribution in [0.2, 0.25) is 0 Å². The lowest BCUT2D eigenvalue weighted by Crippen LogP contribution is -2.18. The third-order valence-electron chi connectivity index (χ3n) is 4.09. The average molecular weight is 382 g/mol. The van der Waals surface area contributed by atoms with E-state index in [2.05, 4.69) is 10.2 Å². The van der Waals surface area contributed by atoms with Crippen LogP contribution in [0.1, 0.15) is 11.6 Å². The number of furan rings is 1. The Labute approximate surface area is 163 Å². The molecule has 146 valence electrons. The van der Waals surface area contributed by atoms with Gasteiger partial charge in [-0.15, -0.1) is 10.2 Å². The van der Waals surface area contributed by atoms with Crippen molar-refractivity contribution in [2.45, 2.75) is 6.92 Å². The number of carbonyl (C=O) groups is 1. The molecule has 0 saturated carbocycles. The molecule has 0 aliphatic rings. The lowest BCUT2D eigenvalue weighted by Gasteiger charge is -2.16. The van der Waals surface area contributed by atoms with Crippen molar-refractivity contribution in [2.75, 3.05) is 28.3 Å². The molecule has 2 aromatic heterocycles. The molecule has 28 heavy (non-hydrogen) atoms. The van der Waals surface area contributed by atoms with Crippen LogP contribution in [0.3, 0.4) is 0 Å². The van der Waals surface area contributed by atoms with Crippen LogP contribution in [0, 0.1) is 6.92 Å². The summed E-state index contributed by atoms with van der Waals surface area (Å²) < 4.78 is 18.6. The van der Waals surface area contributed by atoms with Gasteiger partial charge in [0.1, 0.15) is 22.9 Å². The van der Waals surface area contributed by atoms with Crippen LogP contribution in [0.25, 0.3) is 23.3 Å². The Hall–Kier alpha value is -3.55. The predicted octanol–water partition coefficient (Wildman–Crippen LogP) is 2.95. The highest BCUT2D eigenvalue weighted by Crippen LogP contribution is 2.36. The van der Waals surface area contributed by atoms with Crippen LogP contribution in [-0.4, -0.2) is 53.9 Å². The molecule has 0 saturated heterocycles. The molecule has 0 radical (unpaired) electrons. The van der Waals surface area contributed by atoms with Gasteiger partial charge in [0.15, 0.2) is 11.6 Å². The number of rotatable bonds is 6. The maximum Gasteiger partial charge on any atom is 0.246 e. The van der Waals surface area contributed by atoms with Crippen LogP contribution in [-0.2, 0) is 4.79 Å². The summed E-state index contributed by atoms with van der Waals surface area (Å²) in [5, 5.41) is 8.53. The Morgan fingerprint density at radius 2 is 1.79 bits per heavy atom. The zero-order chi connectivity index (χ0) is 20.3. The van der Waals surface area contributed by atoms with E-state index >= 15 is 0 Å². The molecule has 0 atom stereocenters. The summed E-state index contributed by atoms with van der Waals surface area (Å²) in [5.74, 6) is 3.15. The molecule has 0 spiro atoms. The number of para-hydroxylation sites is 1. The maximum absolute atomic E-state index is 12.0. The van der Waals surface area contributed by atoms with E-state index in [1.54, 1.807) is 39.0 Å². The van der Waals surface area contributed by atoms with Crippen LogP contribution in [0.5, 0.6) is 11.5 Å². The van der Waals surface area contributed by atoms with E-state index in [9.17, 15) is 4.79 Å². The summed E-state index contributed by atoms with van der Waals surface area (Å²) in [5.41, 5.74) is 0.610. The minimum atomic E-state index is -0.170. The van der Waals surface area contributed by atoms with Gasteiger partial charge in [-0.1, -0.05) is 6.07 Å². The van der Waals surface area contributed by atoms with Gasteiger partial charge in [0.25, 0.3) is 0 Å². The molecule has 0 aliphatic carbocycles. The van der Waals surface area contributed by atoms with Crippen molar-refractivity contribution in [1.82, 2.24) is 19.7 Å². The number of aromatic nitrogens is 3. The molecule has 1 aromatic carbocycles. The van der Waals surface area contributed by atoms with Gasteiger partial charge in [0.2, 0.25) is 11.7 Å². The normalized spacial score (nSPS) is 11.0. The van der Waals surface area contributed by atoms with Gasteiger partial charge in [-0.2, -0.15) is 0 Å². The minimum Gasteiger partial charge on any atom is -0.494 e. The van der Waals surface area contributed by atoms with Gasteiger partial charge in [-0.3, -0.25) is 9.36 Å². The van der Waals surface area contributed by atoms with E-state index in [1.807, 2.05) is 37.3 Å². The maximum atomic E-state index is 12.0. The van der Waals surface area contributed by atoms with Crippen LogP contribution < -0.4 is 9.47 Å². The number of ether oxygens (including phenoxy) is 2. The van der Waals surface area contributed by atoms with Crippen LogP contribution in [0.4, 0.5) is 0 Å². The highest BCUT2D eigenvalue weighted by Gasteiger charge is 2.22. The molecule has 3 rings (SSSR count). The van der Waals surface area contributed by atoms with E-state index in [-0.39, 0.29) is 5.91 Å². The molecule has 8 heteroatoms. The molecule has 0 unspecified atom stereocenters. The minimum absolute atomic E-state index is 0.170. The summed E-state index contributed by atoms with van der Waals surface area (Å²) in [4.78, 5) is 13.5. The average Bonchev–Trinajstić information content (AvgIpc) is 3.30. The highest BCUT2D eigenvalue weighted by molar-refractivity contribution is 5.91. The number of hydrogen-bond acceptors (Lipinski definition) is 6. The van der Waals surface area contributed by atoms with E-state index in [4.69, 9.17) is 13.9 Å². The zero-order valence-corrected chi connectivity index (χ0v) is 16.5. The van der Waals surface area contributed by atoms with Gasteiger partial charge >= 0.3 is 0 Å². The number of hydrogen-bond donors (Lipinski definition) is 0. The van der Waals surface area contributed by atoms with E-state index in [0.29, 0.717) is 34.6 Å². The van der Waals surface area contributed by atoms with Crippen molar-refractivity contribution in [2.24, 2.45) is 0 Å². The number of nitrogens with zero attached hydrogens (tertiary/aromatic N) is 4. The van der Waals surface area contributed by atoms with Crippen molar-refractivity contribution >= 4 is 12.0 Å². The Kier molecular flexibility index (Phi) is 5.49. The fraction of sp³-hybridized carbons (Fsp3) is 0.250. The summed E-state index contributed by atoms with van der Waals surface area (Å²) in [6, 6.07) is 9.11. The first-order valence-electron chi connectivity index (χ1n) is 8.59. The Bertz CT molecular complexity index is 995. The number of carbonyl (C=O) groups excluding carboxylic acids is 1. The fourth-order valence-electron chi connectivity index (χ4n) is 2.69. The van der Waals surface area contributed by atoms with Gasteiger partial charge < -0.3 is 18.8 Å². The first-order chi connectivity index (χ1) is 13.5. The summed E-state index contributed by atoms with van der Waals surface area (Å²) >= 11 is 0. The first kappa shape index (κ1) is 19.2. The quantitative estimate of drug-likeness (QED) is 0.610. The number of benzene rings is 1. The lowest BCUT2D eigenvalue weighted by atomic mass is 10.2. The second-order valence-electron chi connectivity index (χ2n) is 6.20. The number of amides is 1. The fourth-order valence-corrected chi connectivity index (χ4v) is 2.69. The predicted molar refractivity (Wildman–Crippen MR) is 105 cm³/mol. The first-order valence-corrected chi connectivity index (χ1v) is 8.59. The standard InChI is InChI=1S/C20H22N4O4/c1-13-9-10-16(28-13)20-22-21-17(11-12-18(25)23(2)3)24(20)19-14(26-4)7-6-8-15(19)27-5/h6-12H,1-5H3/b12-11+. The van der Waals surface area contributed by atoms with Gasteiger partial charge in [-0.25, -0.2) is 0 Å². The molecular weight excluding hydrogens is 360 g/mol. The largest absolute Gasteiger partial charge is 0.494 e. The molecule has 0 aliphatic heterocycles. The number of aryl methyl sites for hydroxylation is 1. The Morgan fingerprint density at radius 3 is 2.32 bits per heavy atom.